The number of anilines is 1. The summed E-state index contributed by atoms with van der Waals surface area (Å²) in [4.78, 5) is 13.5. The van der Waals surface area contributed by atoms with E-state index in [2.05, 4.69) is 5.32 Å². The summed E-state index contributed by atoms with van der Waals surface area (Å²) in [6.45, 7) is 1.98. The van der Waals surface area contributed by atoms with E-state index in [-0.39, 0.29) is 24.6 Å². The van der Waals surface area contributed by atoms with Gasteiger partial charge >= 0.3 is 6.09 Å². The van der Waals surface area contributed by atoms with Gasteiger partial charge in [0.1, 0.15) is 12.4 Å². The van der Waals surface area contributed by atoms with Crippen molar-refractivity contribution in [2.75, 3.05) is 18.0 Å². The molecule has 1 fully saturated rings. The molecule has 1 N–H and O–H groups in total. The lowest BCUT2D eigenvalue weighted by atomic mass is 10.0. The Morgan fingerprint density at radius 2 is 2.11 bits per heavy atom. The van der Waals surface area contributed by atoms with Crippen LogP contribution >= 0.6 is 0 Å². The van der Waals surface area contributed by atoms with Crippen LogP contribution in [0.5, 0.6) is 0 Å². The van der Waals surface area contributed by atoms with Crippen LogP contribution in [-0.4, -0.2) is 25.2 Å². The average molecular weight is 250 g/mol. The molecule has 2 heterocycles. The molecule has 1 aromatic carbocycles. The minimum atomic E-state index is -0.361. The summed E-state index contributed by atoms with van der Waals surface area (Å²) in [6.07, 6.45) is 1.37. The van der Waals surface area contributed by atoms with Gasteiger partial charge in [-0.1, -0.05) is 6.07 Å². The van der Waals surface area contributed by atoms with Crippen molar-refractivity contribution in [3.8, 4) is 0 Å². The molecular weight excluding hydrogens is 235 g/mol. The molecule has 0 bridgehead atoms. The zero-order valence-corrected chi connectivity index (χ0v) is 9.99. The Hall–Kier alpha value is -1.62. The number of halogens is 1. The number of ether oxygens (including phenoxy) is 1. The minimum Gasteiger partial charge on any atom is -0.444 e. The maximum absolute atomic E-state index is 13.4. The van der Waals surface area contributed by atoms with Crippen molar-refractivity contribution in [1.29, 1.82) is 0 Å². The molecule has 0 unspecified atom stereocenters. The number of hydrogen-bond donors (Lipinski definition) is 1. The summed E-state index contributed by atoms with van der Waals surface area (Å²) < 4.78 is 18.5. The van der Waals surface area contributed by atoms with E-state index in [1.807, 2.05) is 0 Å². The van der Waals surface area contributed by atoms with Crippen molar-refractivity contribution in [1.82, 2.24) is 5.32 Å². The van der Waals surface area contributed by atoms with Crippen LogP contribution < -0.4 is 10.2 Å². The van der Waals surface area contributed by atoms with Crippen LogP contribution in [0.4, 0.5) is 14.9 Å². The first kappa shape index (κ1) is 11.5. The van der Waals surface area contributed by atoms with Gasteiger partial charge < -0.3 is 10.1 Å². The molecular formula is C13H15FN2O2. The number of nitrogens with one attached hydrogen (secondary N) is 1. The fourth-order valence-corrected chi connectivity index (χ4v) is 2.60. The Bertz CT molecular complexity index is 472. The van der Waals surface area contributed by atoms with E-state index in [0.717, 1.165) is 31.5 Å². The van der Waals surface area contributed by atoms with E-state index in [1.54, 1.807) is 11.0 Å². The van der Waals surface area contributed by atoms with Crippen molar-refractivity contribution in [3.63, 3.8) is 0 Å². The quantitative estimate of drug-likeness (QED) is 0.829. The highest BCUT2D eigenvalue weighted by Crippen LogP contribution is 2.31. The molecule has 1 aromatic rings. The van der Waals surface area contributed by atoms with Crippen molar-refractivity contribution >= 4 is 11.8 Å². The zero-order chi connectivity index (χ0) is 12.5. The lowest BCUT2D eigenvalue weighted by molar-refractivity contribution is 0.137. The van der Waals surface area contributed by atoms with E-state index >= 15 is 0 Å². The number of rotatable bonds is 1. The Balaban J connectivity index is 1.97. The van der Waals surface area contributed by atoms with Gasteiger partial charge in [0, 0.05) is 11.6 Å². The number of benzene rings is 1. The molecule has 0 spiro atoms. The summed E-state index contributed by atoms with van der Waals surface area (Å²) >= 11 is 0. The first-order valence-electron chi connectivity index (χ1n) is 6.21. The molecule has 2 aliphatic heterocycles. The molecule has 4 nitrogen and oxygen atoms in total. The smallest absolute Gasteiger partial charge is 0.414 e. The summed E-state index contributed by atoms with van der Waals surface area (Å²) in [5.41, 5.74) is 1.53. The minimum absolute atomic E-state index is 0.0969. The van der Waals surface area contributed by atoms with Gasteiger partial charge in [0.15, 0.2) is 0 Å². The molecule has 0 atom stereocenters. The molecule has 0 aliphatic carbocycles. The summed E-state index contributed by atoms with van der Waals surface area (Å²) in [5, 5.41) is 3.25. The van der Waals surface area contributed by atoms with Gasteiger partial charge in [0.05, 0.1) is 5.69 Å². The number of piperidine rings is 1. The van der Waals surface area contributed by atoms with Crippen LogP contribution in [-0.2, 0) is 11.3 Å². The maximum atomic E-state index is 13.4. The van der Waals surface area contributed by atoms with Crippen LogP contribution in [0.15, 0.2) is 18.2 Å². The topological polar surface area (TPSA) is 41.6 Å². The van der Waals surface area contributed by atoms with Gasteiger partial charge in [-0.05, 0) is 38.1 Å². The first-order chi connectivity index (χ1) is 8.75. The summed E-state index contributed by atoms with van der Waals surface area (Å²) in [5.74, 6) is -0.317. The normalized spacial score (nSPS) is 20.5. The largest absolute Gasteiger partial charge is 0.444 e. The molecule has 2 aliphatic rings. The highest BCUT2D eigenvalue weighted by atomic mass is 19.1. The SMILES string of the molecule is O=C1OCc2ccc(F)cc2N1C1CCNCC1. The fraction of sp³-hybridized carbons (Fsp3) is 0.462. The number of fused-ring (bicyclic) bond motifs is 1. The number of nitrogens with zero attached hydrogens (tertiary/aromatic N) is 1. The van der Waals surface area contributed by atoms with Crippen LogP contribution in [0.25, 0.3) is 0 Å². The van der Waals surface area contributed by atoms with Crippen molar-refractivity contribution < 1.29 is 13.9 Å². The van der Waals surface area contributed by atoms with Crippen molar-refractivity contribution in [3.05, 3.63) is 29.6 Å². The lowest BCUT2D eigenvalue weighted by Crippen LogP contribution is -2.48. The second-order valence-electron chi connectivity index (χ2n) is 4.68. The highest BCUT2D eigenvalue weighted by molar-refractivity contribution is 5.91. The molecule has 5 heteroatoms. The van der Waals surface area contributed by atoms with Crippen LogP contribution in [0.1, 0.15) is 18.4 Å². The van der Waals surface area contributed by atoms with Gasteiger partial charge in [-0.2, -0.15) is 0 Å². The number of hydrogen-bond acceptors (Lipinski definition) is 3. The predicted molar refractivity (Wildman–Crippen MR) is 65.0 cm³/mol. The molecule has 3 rings (SSSR count). The average Bonchev–Trinajstić information content (AvgIpc) is 2.39. The second-order valence-corrected chi connectivity index (χ2v) is 4.68. The molecule has 1 amide bonds. The Kier molecular flexibility index (Phi) is 2.91. The van der Waals surface area contributed by atoms with Gasteiger partial charge in [0.25, 0.3) is 0 Å². The summed E-state index contributed by atoms with van der Waals surface area (Å²) in [7, 11) is 0. The number of cyclic esters (lactones) is 1. The monoisotopic (exact) mass is 250 g/mol. The second kappa shape index (κ2) is 4.57. The number of carbonyl (C=O) groups excluding carboxylic acids is 1. The van der Waals surface area contributed by atoms with Gasteiger partial charge in [-0.25, -0.2) is 9.18 Å². The number of carbonyl (C=O) groups is 1. The molecule has 18 heavy (non-hydrogen) atoms. The molecule has 0 saturated carbocycles. The zero-order valence-electron chi connectivity index (χ0n) is 9.99. The lowest BCUT2D eigenvalue weighted by Gasteiger charge is -2.37. The van der Waals surface area contributed by atoms with E-state index in [1.165, 1.54) is 12.1 Å². The van der Waals surface area contributed by atoms with Crippen LogP contribution in [0, 0.1) is 5.82 Å². The van der Waals surface area contributed by atoms with Gasteiger partial charge in [0.2, 0.25) is 0 Å². The van der Waals surface area contributed by atoms with Crippen LogP contribution in [0.3, 0.4) is 0 Å². The molecule has 96 valence electrons. The Morgan fingerprint density at radius 1 is 1.33 bits per heavy atom. The molecule has 1 saturated heterocycles. The predicted octanol–water partition coefficient (Wildman–Crippen LogP) is 2.03. The van der Waals surface area contributed by atoms with E-state index in [4.69, 9.17) is 4.74 Å². The highest BCUT2D eigenvalue weighted by Gasteiger charge is 2.32. The van der Waals surface area contributed by atoms with Crippen LogP contribution in [0.2, 0.25) is 0 Å². The maximum Gasteiger partial charge on any atom is 0.414 e. The fourth-order valence-electron chi connectivity index (χ4n) is 2.60. The third-order valence-corrected chi connectivity index (χ3v) is 3.53. The van der Waals surface area contributed by atoms with Gasteiger partial charge in [-0.15, -0.1) is 0 Å². The molecule has 0 aromatic heterocycles. The Morgan fingerprint density at radius 3 is 2.89 bits per heavy atom. The third-order valence-electron chi connectivity index (χ3n) is 3.53. The third kappa shape index (κ3) is 1.95. The van der Waals surface area contributed by atoms with Crippen molar-refractivity contribution in [2.45, 2.75) is 25.5 Å². The Labute approximate surface area is 105 Å². The first-order valence-corrected chi connectivity index (χ1v) is 6.21. The van der Waals surface area contributed by atoms with E-state index in [9.17, 15) is 9.18 Å². The molecule has 0 radical (unpaired) electrons. The van der Waals surface area contributed by atoms with E-state index < -0.39 is 0 Å². The number of amides is 1. The van der Waals surface area contributed by atoms with Gasteiger partial charge in [-0.3, -0.25) is 4.90 Å². The summed E-state index contributed by atoms with van der Waals surface area (Å²) in [6, 6.07) is 4.61. The standard InChI is InChI=1S/C13H15FN2O2/c14-10-2-1-9-8-18-13(17)16(12(9)7-10)11-3-5-15-6-4-11/h1-2,7,11,15H,3-6,8H2. The van der Waals surface area contributed by atoms with E-state index in [0.29, 0.717) is 5.69 Å². The van der Waals surface area contributed by atoms with Crippen molar-refractivity contribution in [2.24, 2.45) is 0 Å².